The van der Waals surface area contributed by atoms with Crippen LogP contribution in [0.3, 0.4) is 0 Å². The molecule has 3 aliphatic rings. The first kappa shape index (κ1) is 12.9. The Balaban J connectivity index is 1.82. The van der Waals surface area contributed by atoms with Crippen molar-refractivity contribution in [1.29, 1.82) is 0 Å². The SMILES string of the molecule is Cc1cc(NC(=O)[C@@H]2[C@H](C(=O)O)[C@H]3C=C[C@H]2CC3)no1. The molecule has 1 saturated carbocycles. The molecule has 6 heteroatoms. The van der Waals surface area contributed by atoms with Crippen molar-refractivity contribution in [3.05, 3.63) is 24.0 Å². The van der Waals surface area contributed by atoms with Crippen LogP contribution in [0.4, 0.5) is 5.82 Å². The molecular formula is C14H16N2O4. The normalized spacial score (nSPS) is 31.2. The molecule has 1 fully saturated rings. The number of carboxylic acids is 1. The van der Waals surface area contributed by atoms with Gasteiger partial charge in [0.1, 0.15) is 5.76 Å². The Morgan fingerprint density at radius 1 is 1.30 bits per heavy atom. The highest BCUT2D eigenvalue weighted by molar-refractivity contribution is 5.95. The molecule has 0 spiro atoms. The third-order valence-electron chi connectivity index (χ3n) is 4.22. The van der Waals surface area contributed by atoms with Crippen LogP contribution in [0.15, 0.2) is 22.7 Å². The first-order chi connectivity index (χ1) is 9.56. The highest BCUT2D eigenvalue weighted by Gasteiger charge is 2.48. The summed E-state index contributed by atoms with van der Waals surface area (Å²) >= 11 is 0. The van der Waals surface area contributed by atoms with Crippen LogP contribution in [-0.4, -0.2) is 22.1 Å². The first-order valence-corrected chi connectivity index (χ1v) is 6.71. The highest BCUT2D eigenvalue weighted by Crippen LogP contribution is 2.45. The average molecular weight is 276 g/mol. The number of anilines is 1. The van der Waals surface area contributed by atoms with Gasteiger partial charge in [0, 0.05) is 6.07 Å². The third-order valence-corrected chi connectivity index (χ3v) is 4.22. The van der Waals surface area contributed by atoms with Crippen LogP contribution in [0.1, 0.15) is 18.6 Å². The van der Waals surface area contributed by atoms with Gasteiger partial charge < -0.3 is 14.9 Å². The van der Waals surface area contributed by atoms with Crippen molar-refractivity contribution in [2.45, 2.75) is 19.8 Å². The van der Waals surface area contributed by atoms with Crippen LogP contribution >= 0.6 is 0 Å². The summed E-state index contributed by atoms with van der Waals surface area (Å²) in [4.78, 5) is 23.9. The van der Waals surface area contributed by atoms with Gasteiger partial charge in [-0.3, -0.25) is 9.59 Å². The summed E-state index contributed by atoms with van der Waals surface area (Å²) in [5.74, 6) is -1.49. The largest absolute Gasteiger partial charge is 0.481 e. The summed E-state index contributed by atoms with van der Waals surface area (Å²) in [6.45, 7) is 1.73. The number of rotatable bonds is 3. The molecule has 20 heavy (non-hydrogen) atoms. The Kier molecular flexibility index (Phi) is 3.08. The number of carbonyl (C=O) groups excluding carboxylic acids is 1. The Labute approximate surface area is 115 Å². The zero-order valence-corrected chi connectivity index (χ0v) is 11.1. The minimum absolute atomic E-state index is 0.00546. The molecule has 0 aromatic carbocycles. The van der Waals surface area contributed by atoms with Crippen molar-refractivity contribution in [3.63, 3.8) is 0 Å². The van der Waals surface area contributed by atoms with E-state index in [0.29, 0.717) is 11.6 Å². The monoisotopic (exact) mass is 276 g/mol. The number of aromatic nitrogens is 1. The first-order valence-electron chi connectivity index (χ1n) is 6.71. The molecule has 0 unspecified atom stereocenters. The lowest BCUT2D eigenvalue weighted by atomic mass is 9.62. The number of amides is 1. The Morgan fingerprint density at radius 2 is 1.95 bits per heavy atom. The maximum atomic E-state index is 12.4. The van der Waals surface area contributed by atoms with Crippen molar-refractivity contribution in [2.24, 2.45) is 23.7 Å². The standard InChI is InChI=1S/C14H16N2O4/c1-7-6-10(16-20-7)15-13(17)11-8-2-4-9(5-3-8)12(11)14(18)19/h2,4,6,8-9,11-12H,3,5H2,1H3,(H,18,19)(H,15,16,17)/t8-,9-,11-,12+/m0/s1. The predicted molar refractivity (Wildman–Crippen MR) is 69.8 cm³/mol. The average Bonchev–Trinajstić information content (AvgIpc) is 2.84. The van der Waals surface area contributed by atoms with E-state index in [9.17, 15) is 14.7 Å². The van der Waals surface area contributed by atoms with Crippen LogP contribution in [0.2, 0.25) is 0 Å². The minimum atomic E-state index is -0.902. The molecule has 0 radical (unpaired) electrons. The zero-order valence-electron chi connectivity index (χ0n) is 11.1. The van der Waals surface area contributed by atoms with Gasteiger partial charge in [0.05, 0.1) is 11.8 Å². The fourth-order valence-corrected chi connectivity index (χ4v) is 3.32. The molecule has 6 nitrogen and oxygen atoms in total. The van der Waals surface area contributed by atoms with E-state index < -0.39 is 17.8 Å². The summed E-state index contributed by atoms with van der Waals surface area (Å²) in [7, 11) is 0. The number of aliphatic carboxylic acids is 1. The van der Waals surface area contributed by atoms with Gasteiger partial charge in [0.2, 0.25) is 5.91 Å². The van der Waals surface area contributed by atoms with E-state index in [1.54, 1.807) is 13.0 Å². The topological polar surface area (TPSA) is 92.4 Å². The van der Waals surface area contributed by atoms with Crippen LogP contribution in [0, 0.1) is 30.6 Å². The Bertz CT molecular complexity index is 577. The number of fused-ring (bicyclic) bond motifs is 2. The number of hydrogen-bond donors (Lipinski definition) is 2. The van der Waals surface area contributed by atoms with Crippen LogP contribution in [0.5, 0.6) is 0 Å². The molecule has 4 atom stereocenters. The molecule has 0 aliphatic heterocycles. The second kappa shape index (κ2) is 4.77. The Morgan fingerprint density at radius 3 is 2.45 bits per heavy atom. The number of carboxylic acid groups (broad SMARTS) is 1. The van der Waals surface area contributed by atoms with Gasteiger partial charge in [-0.1, -0.05) is 17.3 Å². The van der Waals surface area contributed by atoms with Gasteiger partial charge in [-0.05, 0) is 31.6 Å². The van der Waals surface area contributed by atoms with Crippen molar-refractivity contribution in [1.82, 2.24) is 5.16 Å². The fraction of sp³-hybridized carbons (Fsp3) is 0.500. The van der Waals surface area contributed by atoms with Gasteiger partial charge in [-0.15, -0.1) is 0 Å². The van der Waals surface area contributed by atoms with Crippen LogP contribution < -0.4 is 5.32 Å². The second-order valence-electron chi connectivity index (χ2n) is 5.49. The van der Waals surface area contributed by atoms with Gasteiger partial charge in [0.15, 0.2) is 5.82 Å². The molecule has 1 heterocycles. The van der Waals surface area contributed by atoms with E-state index >= 15 is 0 Å². The molecule has 1 aromatic rings. The number of carbonyl (C=O) groups is 2. The van der Waals surface area contributed by atoms with E-state index in [2.05, 4.69) is 10.5 Å². The maximum Gasteiger partial charge on any atom is 0.307 e. The lowest BCUT2D eigenvalue weighted by Gasteiger charge is -2.41. The second-order valence-corrected chi connectivity index (χ2v) is 5.49. The number of hydrogen-bond acceptors (Lipinski definition) is 4. The third kappa shape index (κ3) is 2.11. The zero-order chi connectivity index (χ0) is 14.3. The smallest absolute Gasteiger partial charge is 0.307 e. The van der Waals surface area contributed by atoms with Crippen molar-refractivity contribution < 1.29 is 19.2 Å². The van der Waals surface area contributed by atoms with E-state index in [0.717, 1.165) is 12.8 Å². The van der Waals surface area contributed by atoms with Crippen molar-refractivity contribution >= 4 is 17.7 Å². The molecule has 0 saturated heterocycles. The summed E-state index contributed by atoms with van der Waals surface area (Å²) in [6.07, 6.45) is 5.62. The van der Waals surface area contributed by atoms with Crippen molar-refractivity contribution in [2.75, 3.05) is 5.32 Å². The summed E-state index contributed by atoms with van der Waals surface area (Å²) in [6, 6.07) is 1.62. The molecule has 106 valence electrons. The van der Waals surface area contributed by atoms with Crippen LogP contribution in [0.25, 0.3) is 0 Å². The van der Waals surface area contributed by atoms with Gasteiger partial charge in [0.25, 0.3) is 0 Å². The predicted octanol–water partition coefficient (Wildman–Crippen LogP) is 1.83. The van der Waals surface area contributed by atoms with Gasteiger partial charge in [-0.25, -0.2) is 0 Å². The quantitative estimate of drug-likeness (QED) is 0.822. The molecule has 1 amide bonds. The molecule has 2 N–H and O–H groups in total. The fourth-order valence-electron chi connectivity index (χ4n) is 3.32. The van der Waals surface area contributed by atoms with E-state index in [-0.39, 0.29) is 17.7 Å². The van der Waals surface area contributed by atoms with E-state index in [1.807, 2.05) is 12.2 Å². The molecule has 4 rings (SSSR count). The Hall–Kier alpha value is -2.11. The summed E-state index contributed by atoms with van der Waals surface area (Å²) in [5, 5.41) is 15.8. The minimum Gasteiger partial charge on any atom is -0.481 e. The number of aryl methyl sites for hydroxylation is 1. The van der Waals surface area contributed by atoms with Gasteiger partial charge >= 0.3 is 5.97 Å². The van der Waals surface area contributed by atoms with Gasteiger partial charge in [-0.2, -0.15) is 0 Å². The highest BCUT2D eigenvalue weighted by atomic mass is 16.5. The lowest BCUT2D eigenvalue weighted by molar-refractivity contribution is -0.151. The number of nitrogens with one attached hydrogen (secondary N) is 1. The molecule has 1 aromatic heterocycles. The number of allylic oxidation sites excluding steroid dienone is 2. The number of nitrogens with zero attached hydrogens (tertiary/aromatic N) is 1. The lowest BCUT2D eigenvalue weighted by Crippen LogP contribution is -2.47. The van der Waals surface area contributed by atoms with Crippen molar-refractivity contribution in [3.8, 4) is 0 Å². The molecule has 2 bridgehead atoms. The molecule has 3 aliphatic carbocycles. The maximum absolute atomic E-state index is 12.4. The molecular weight excluding hydrogens is 260 g/mol. The van der Waals surface area contributed by atoms with Crippen LogP contribution in [-0.2, 0) is 9.59 Å². The summed E-state index contributed by atoms with van der Waals surface area (Å²) in [5.41, 5.74) is 0. The van der Waals surface area contributed by atoms with E-state index in [4.69, 9.17) is 4.52 Å². The van der Waals surface area contributed by atoms with E-state index in [1.165, 1.54) is 0 Å². The summed E-state index contributed by atoms with van der Waals surface area (Å²) < 4.78 is 4.89.